The summed E-state index contributed by atoms with van der Waals surface area (Å²) in [4.78, 5) is 22.4. The zero-order valence-electron chi connectivity index (χ0n) is 9.56. The van der Waals surface area contributed by atoms with E-state index >= 15 is 0 Å². The lowest BCUT2D eigenvalue weighted by atomic mass is 10.1. The van der Waals surface area contributed by atoms with Crippen LogP contribution < -0.4 is 15.8 Å². The SMILES string of the molecule is COc1ccc(C(=O)NC(C)C(N)=O)cc1O. The third-order valence-corrected chi connectivity index (χ3v) is 2.22. The van der Waals surface area contributed by atoms with Gasteiger partial charge in [-0.15, -0.1) is 0 Å². The molecule has 4 N–H and O–H groups in total. The Balaban J connectivity index is 2.83. The number of phenolic OH excluding ortho intramolecular Hbond substituents is 1. The summed E-state index contributed by atoms with van der Waals surface area (Å²) in [6, 6.07) is 3.41. The lowest BCUT2D eigenvalue weighted by Gasteiger charge is -2.11. The number of aromatic hydroxyl groups is 1. The number of primary amides is 1. The molecule has 0 aliphatic rings. The van der Waals surface area contributed by atoms with Crippen molar-refractivity contribution in [3.8, 4) is 11.5 Å². The zero-order chi connectivity index (χ0) is 13.0. The molecule has 0 saturated carbocycles. The summed E-state index contributed by atoms with van der Waals surface area (Å²) >= 11 is 0. The fraction of sp³-hybridized carbons (Fsp3) is 0.273. The van der Waals surface area contributed by atoms with Gasteiger partial charge in [0.2, 0.25) is 5.91 Å². The third-order valence-electron chi connectivity index (χ3n) is 2.22. The average molecular weight is 238 g/mol. The Kier molecular flexibility index (Phi) is 3.92. The molecule has 0 bridgehead atoms. The number of nitrogens with two attached hydrogens (primary N) is 1. The Morgan fingerprint density at radius 3 is 2.59 bits per heavy atom. The van der Waals surface area contributed by atoms with Crippen LogP contribution in [0.5, 0.6) is 11.5 Å². The van der Waals surface area contributed by atoms with Crippen LogP contribution in [0.1, 0.15) is 17.3 Å². The quantitative estimate of drug-likeness (QED) is 0.687. The highest BCUT2D eigenvalue weighted by Crippen LogP contribution is 2.26. The standard InChI is InChI=1S/C11H14N2O4/c1-6(10(12)15)13-11(16)7-3-4-9(17-2)8(14)5-7/h3-6,14H,1-2H3,(H2,12,15)(H,13,16). The number of methoxy groups -OCH3 is 1. The predicted molar refractivity (Wildman–Crippen MR) is 60.8 cm³/mol. The summed E-state index contributed by atoms with van der Waals surface area (Å²) < 4.78 is 4.84. The Bertz CT molecular complexity index is 445. The van der Waals surface area contributed by atoms with E-state index in [9.17, 15) is 14.7 Å². The molecule has 0 heterocycles. The maximum Gasteiger partial charge on any atom is 0.252 e. The zero-order valence-corrected chi connectivity index (χ0v) is 9.56. The molecule has 1 aromatic rings. The van der Waals surface area contributed by atoms with Crippen molar-refractivity contribution in [1.82, 2.24) is 5.32 Å². The highest BCUT2D eigenvalue weighted by molar-refractivity contribution is 5.97. The Labute approximate surface area is 98.4 Å². The second-order valence-electron chi connectivity index (χ2n) is 3.48. The number of nitrogens with one attached hydrogen (secondary N) is 1. The fourth-order valence-electron chi connectivity index (χ4n) is 1.18. The van der Waals surface area contributed by atoms with Crippen molar-refractivity contribution in [2.45, 2.75) is 13.0 Å². The van der Waals surface area contributed by atoms with Crippen molar-refractivity contribution in [1.29, 1.82) is 0 Å². The van der Waals surface area contributed by atoms with E-state index in [4.69, 9.17) is 10.5 Å². The van der Waals surface area contributed by atoms with Gasteiger partial charge in [-0.25, -0.2) is 0 Å². The summed E-state index contributed by atoms with van der Waals surface area (Å²) in [6.45, 7) is 1.48. The monoisotopic (exact) mass is 238 g/mol. The number of carbonyl (C=O) groups excluding carboxylic acids is 2. The van der Waals surface area contributed by atoms with Gasteiger partial charge in [-0.3, -0.25) is 9.59 Å². The molecule has 2 amide bonds. The summed E-state index contributed by atoms with van der Waals surface area (Å²) in [6.07, 6.45) is 0. The van der Waals surface area contributed by atoms with Crippen LogP contribution in [0.25, 0.3) is 0 Å². The van der Waals surface area contributed by atoms with Gasteiger partial charge in [0, 0.05) is 5.56 Å². The largest absolute Gasteiger partial charge is 0.504 e. The van der Waals surface area contributed by atoms with Crippen LogP contribution in [0, 0.1) is 0 Å². The van der Waals surface area contributed by atoms with Crippen LogP contribution >= 0.6 is 0 Å². The Morgan fingerprint density at radius 1 is 1.47 bits per heavy atom. The van der Waals surface area contributed by atoms with E-state index in [0.717, 1.165) is 0 Å². The molecule has 1 unspecified atom stereocenters. The molecular formula is C11H14N2O4. The van der Waals surface area contributed by atoms with Crippen LogP contribution in [0.2, 0.25) is 0 Å². The molecule has 0 fully saturated rings. The number of phenols is 1. The molecule has 0 aliphatic carbocycles. The maximum absolute atomic E-state index is 11.6. The van der Waals surface area contributed by atoms with Gasteiger partial charge in [0.15, 0.2) is 11.5 Å². The van der Waals surface area contributed by atoms with E-state index in [0.29, 0.717) is 0 Å². The van der Waals surface area contributed by atoms with Gasteiger partial charge in [0.25, 0.3) is 5.91 Å². The minimum Gasteiger partial charge on any atom is -0.504 e. The molecular weight excluding hydrogens is 224 g/mol. The predicted octanol–water partition coefficient (Wildman–Crippen LogP) is 0.00440. The summed E-state index contributed by atoms with van der Waals surface area (Å²) in [5, 5.41) is 11.9. The molecule has 1 rings (SSSR count). The Morgan fingerprint density at radius 2 is 2.12 bits per heavy atom. The first-order valence-electron chi connectivity index (χ1n) is 4.93. The molecule has 0 radical (unpaired) electrons. The number of amides is 2. The van der Waals surface area contributed by atoms with Gasteiger partial charge in [-0.05, 0) is 25.1 Å². The van der Waals surface area contributed by atoms with Gasteiger partial charge in [-0.2, -0.15) is 0 Å². The van der Waals surface area contributed by atoms with Gasteiger partial charge in [-0.1, -0.05) is 0 Å². The number of hydrogen-bond donors (Lipinski definition) is 3. The second-order valence-corrected chi connectivity index (χ2v) is 3.48. The minimum atomic E-state index is -0.772. The first kappa shape index (κ1) is 12.8. The van der Waals surface area contributed by atoms with E-state index in [2.05, 4.69) is 5.32 Å². The number of benzene rings is 1. The van der Waals surface area contributed by atoms with E-state index in [1.54, 1.807) is 0 Å². The van der Waals surface area contributed by atoms with Crippen molar-refractivity contribution < 1.29 is 19.4 Å². The van der Waals surface area contributed by atoms with Gasteiger partial charge in [0.1, 0.15) is 6.04 Å². The molecule has 0 spiro atoms. The van der Waals surface area contributed by atoms with E-state index in [1.807, 2.05) is 0 Å². The van der Waals surface area contributed by atoms with Gasteiger partial charge < -0.3 is 20.9 Å². The second kappa shape index (κ2) is 5.20. The van der Waals surface area contributed by atoms with E-state index in [-0.39, 0.29) is 17.1 Å². The molecule has 6 nitrogen and oxygen atoms in total. The summed E-state index contributed by atoms with van der Waals surface area (Å²) in [5.41, 5.74) is 5.23. The molecule has 6 heteroatoms. The molecule has 92 valence electrons. The third kappa shape index (κ3) is 3.10. The lowest BCUT2D eigenvalue weighted by molar-refractivity contribution is -0.119. The van der Waals surface area contributed by atoms with Gasteiger partial charge in [0.05, 0.1) is 7.11 Å². The number of hydrogen-bond acceptors (Lipinski definition) is 4. The molecule has 0 aromatic heterocycles. The topological polar surface area (TPSA) is 102 Å². The number of carbonyl (C=O) groups is 2. The van der Waals surface area contributed by atoms with Crippen LogP contribution in [0.15, 0.2) is 18.2 Å². The van der Waals surface area contributed by atoms with Crippen molar-refractivity contribution in [3.05, 3.63) is 23.8 Å². The maximum atomic E-state index is 11.6. The van der Waals surface area contributed by atoms with Crippen LogP contribution in [-0.4, -0.2) is 30.1 Å². The molecule has 0 saturated heterocycles. The average Bonchev–Trinajstić information content (AvgIpc) is 2.28. The van der Waals surface area contributed by atoms with Crippen LogP contribution in [-0.2, 0) is 4.79 Å². The molecule has 1 aromatic carbocycles. The summed E-state index contributed by atoms with van der Waals surface area (Å²) in [7, 11) is 1.41. The first-order chi connectivity index (χ1) is 7.95. The lowest BCUT2D eigenvalue weighted by Crippen LogP contribution is -2.42. The van der Waals surface area contributed by atoms with E-state index < -0.39 is 17.9 Å². The minimum absolute atomic E-state index is 0.146. The van der Waals surface area contributed by atoms with E-state index in [1.165, 1.54) is 32.2 Å². The number of ether oxygens (including phenoxy) is 1. The smallest absolute Gasteiger partial charge is 0.252 e. The fourth-order valence-corrected chi connectivity index (χ4v) is 1.18. The van der Waals surface area contributed by atoms with Crippen LogP contribution in [0.3, 0.4) is 0 Å². The molecule has 1 atom stereocenters. The van der Waals surface area contributed by atoms with Crippen molar-refractivity contribution in [3.63, 3.8) is 0 Å². The molecule has 0 aliphatic heterocycles. The number of rotatable bonds is 4. The van der Waals surface area contributed by atoms with Crippen molar-refractivity contribution >= 4 is 11.8 Å². The van der Waals surface area contributed by atoms with Crippen LogP contribution in [0.4, 0.5) is 0 Å². The highest BCUT2D eigenvalue weighted by Gasteiger charge is 2.14. The summed E-state index contributed by atoms with van der Waals surface area (Å²) in [5.74, 6) is -0.998. The van der Waals surface area contributed by atoms with Gasteiger partial charge >= 0.3 is 0 Å². The highest BCUT2D eigenvalue weighted by atomic mass is 16.5. The normalized spacial score (nSPS) is 11.6. The molecule has 17 heavy (non-hydrogen) atoms. The van der Waals surface area contributed by atoms with Crippen molar-refractivity contribution in [2.75, 3.05) is 7.11 Å². The Hall–Kier alpha value is -2.24. The van der Waals surface area contributed by atoms with Crippen molar-refractivity contribution in [2.24, 2.45) is 5.73 Å². The first-order valence-corrected chi connectivity index (χ1v) is 4.93.